The molecule has 1 amide bonds. The number of likely N-dealkylation sites (tertiary alicyclic amines) is 1. The van der Waals surface area contributed by atoms with Gasteiger partial charge in [0.25, 0.3) is 5.91 Å². The van der Waals surface area contributed by atoms with E-state index in [9.17, 15) is 4.79 Å². The average molecular weight is 367 g/mol. The number of hydrogen-bond donors (Lipinski definition) is 2. The number of H-pyrrole nitrogens is 1. The minimum absolute atomic E-state index is 0.0314. The highest BCUT2D eigenvalue weighted by Crippen LogP contribution is 2.30. The molecule has 1 atom stereocenters. The van der Waals surface area contributed by atoms with Crippen LogP contribution in [0.15, 0.2) is 36.4 Å². The van der Waals surface area contributed by atoms with Gasteiger partial charge in [0.05, 0.1) is 11.7 Å². The highest BCUT2D eigenvalue weighted by molar-refractivity contribution is 5.92. The first-order chi connectivity index (χ1) is 13.3. The molecule has 1 aliphatic heterocycles. The number of rotatable bonds is 6. The minimum atomic E-state index is -0.0314. The summed E-state index contributed by atoms with van der Waals surface area (Å²) in [5.74, 6) is -0.0314. The Bertz CT molecular complexity index is 736. The van der Waals surface area contributed by atoms with Crippen LogP contribution in [0.25, 0.3) is 0 Å². The molecule has 1 aromatic carbocycles. The van der Waals surface area contributed by atoms with Crippen LogP contribution in [0.3, 0.4) is 0 Å². The SMILES string of the molecule is O=C(NC1CCCC1)c1cc(C2CCCCN2CCc2ccccc2)[nH]n1. The largest absolute Gasteiger partial charge is 0.348 e. The van der Waals surface area contributed by atoms with Crippen molar-refractivity contribution in [3.63, 3.8) is 0 Å². The molecule has 2 heterocycles. The predicted octanol–water partition coefficient (Wildman–Crippen LogP) is 3.85. The first-order valence-electron chi connectivity index (χ1n) is 10.4. The molecule has 1 saturated heterocycles. The fourth-order valence-electron chi connectivity index (χ4n) is 4.48. The topological polar surface area (TPSA) is 61.0 Å². The molecule has 27 heavy (non-hydrogen) atoms. The zero-order valence-corrected chi connectivity index (χ0v) is 16.0. The summed E-state index contributed by atoms with van der Waals surface area (Å²) in [4.78, 5) is 15.0. The van der Waals surface area contributed by atoms with Gasteiger partial charge in [-0.25, -0.2) is 0 Å². The van der Waals surface area contributed by atoms with Crippen LogP contribution in [0.1, 0.15) is 72.7 Å². The maximum Gasteiger partial charge on any atom is 0.271 e. The third-order valence-corrected chi connectivity index (χ3v) is 6.02. The average Bonchev–Trinajstić information content (AvgIpc) is 3.39. The van der Waals surface area contributed by atoms with Crippen LogP contribution in [0.5, 0.6) is 0 Å². The van der Waals surface area contributed by atoms with E-state index in [2.05, 4.69) is 50.7 Å². The van der Waals surface area contributed by atoms with Gasteiger partial charge in [-0.15, -0.1) is 0 Å². The Kier molecular flexibility index (Phi) is 5.87. The standard InChI is InChI=1S/C22H30N4O/c27-22(23-18-10-4-5-11-18)20-16-19(24-25-20)21-12-6-7-14-26(21)15-13-17-8-2-1-3-9-17/h1-3,8-9,16,18,21H,4-7,10-15H2,(H,23,27)(H,24,25). The Morgan fingerprint density at radius 2 is 1.89 bits per heavy atom. The number of amides is 1. The zero-order valence-electron chi connectivity index (χ0n) is 16.0. The van der Waals surface area contributed by atoms with Crippen LogP contribution >= 0.6 is 0 Å². The second kappa shape index (κ2) is 8.70. The van der Waals surface area contributed by atoms with Gasteiger partial charge in [0.15, 0.2) is 0 Å². The van der Waals surface area contributed by atoms with E-state index in [0.717, 1.165) is 44.5 Å². The molecule has 0 bridgehead atoms. The molecule has 2 N–H and O–H groups in total. The second-order valence-corrected chi connectivity index (χ2v) is 7.95. The molecule has 5 heteroatoms. The van der Waals surface area contributed by atoms with E-state index < -0.39 is 0 Å². The molecule has 2 fully saturated rings. The van der Waals surface area contributed by atoms with Gasteiger partial charge in [-0.2, -0.15) is 5.10 Å². The van der Waals surface area contributed by atoms with Crippen LogP contribution in [0.2, 0.25) is 0 Å². The third kappa shape index (κ3) is 4.59. The van der Waals surface area contributed by atoms with Crippen molar-refractivity contribution >= 4 is 5.91 Å². The van der Waals surface area contributed by atoms with E-state index in [1.165, 1.54) is 31.2 Å². The summed E-state index contributed by atoms with van der Waals surface area (Å²) < 4.78 is 0. The molecule has 2 aliphatic rings. The fraction of sp³-hybridized carbons (Fsp3) is 0.545. The number of nitrogens with zero attached hydrogens (tertiary/aromatic N) is 2. The van der Waals surface area contributed by atoms with E-state index in [1.54, 1.807) is 0 Å². The molecule has 1 unspecified atom stereocenters. The van der Waals surface area contributed by atoms with E-state index in [1.807, 2.05) is 6.07 Å². The Balaban J connectivity index is 1.39. The van der Waals surface area contributed by atoms with Gasteiger partial charge in [-0.3, -0.25) is 14.8 Å². The van der Waals surface area contributed by atoms with Crippen molar-refractivity contribution in [1.82, 2.24) is 20.4 Å². The van der Waals surface area contributed by atoms with Gasteiger partial charge in [-0.1, -0.05) is 49.6 Å². The maximum absolute atomic E-state index is 12.5. The summed E-state index contributed by atoms with van der Waals surface area (Å²) in [7, 11) is 0. The van der Waals surface area contributed by atoms with Gasteiger partial charge in [0.1, 0.15) is 5.69 Å². The summed E-state index contributed by atoms with van der Waals surface area (Å²) in [5.41, 5.74) is 2.99. The number of aromatic nitrogens is 2. The third-order valence-electron chi connectivity index (χ3n) is 6.02. The molecule has 2 aromatic rings. The number of carbonyl (C=O) groups excluding carboxylic acids is 1. The number of piperidine rings is 1. The van der Waals surface area contributed by atoms with Gasteiger partial charge in [0, 0.05) is 12.6 Å². The summed E-state index contributed by atoms with van der Waals surface area (Å²) >= 11 is 0. The molecule has 1 aromatic heterocycles. The van der Waals surface area contributed by atoms with Gasteiger partial charge < -0.3 is 5.32 Å². The highest BCUT2D eigenvalue weighted by Gasteiger charge is 2.27. The summed E-state index contributed by atoms with van der Waals surface area (Å²) in [5, 5.41) is 10.6. The molecule has 0 spiro atoms. The van der Waals surface area contributed by atoms with Gasteiger partial charge >= 0.3 is 0 Å². The molecule has 1 aliphatic carbocycles. The van der Waals surface area contributed by atoms with Crippen molar-refractivity contribution in [3.05, 3.63) is 53.3 Å². The second-order valence-electron chi connectivity index (χ2n) is 7.95. The Hall–Kier alpha value is -2.14. The van der Waals surface area contributed by atoms with Crippen molar-refractivity contribution in [1.29, 1.82) is 0 Å². The quantitative estimate of drug-likeness (QED) is 0.816. The lowest BCUT2D eigenvalue weighted by Gasteiger charge is -2.35. The molecule has 5 nitrogen and oxygen atoms in total. The number of carbonyl (C=O) groups is 1. The maximum atomic E-state index is 12.5. The van der Waals surface area contributed by atoms with Gasteiger partial charge in [-0.05, 0) is 50.3 Å². The molecule has 0 radical (unpaired) electrons. The van der Waals surface area contributed by atoms with Crippen LogP contribution in [0, 0.1) is 0 Å². The van der Waals surface area contributed by atoms with Crippen LogP contribution in [0.4, 0.5) is 0 Å². The lowest BCUT2D eigenvalue weighted by atomic mass is 9.98. The van der Waals surface area contributed by atoms with E-state index >= 15 is 0 Å². The monoisotopic (exact) mass is 366 g/mol. The van der Waals surface area contributed by atoms with E-state index in [4.69, 9.17) is 0 Å². The van der Waals surface area contributed by atoms with Crippen LogP contribution in [-0.2, 0) is 6.42 Å². The predicted molar refractivity (Wildman–Crippen MR) is 107 cm³/mol. The van der Waals surface area contributed by atoms with Crippen molar-refractivity contribution in [2.75, 3.05) is 13.1 Å². The van der Waals surface area contributed by atoms with Crippen LogP contribution in [-0.4, -0.2) is 40.1 Å². The normalized spacial score (nSPS) is 21.4. The van der Waals surface area contributed by atoms with Crippen molar-refractivity contribution in [3.8, 4) is 0 Å². The number of aromatic amines is 1. The smallest absolute Gasteiger partial charge is 0.271 e. The van der Waals surface area contributed by atoms with Crippen molar-refractivity contribution < 1.29 is 4.79 Å². The highest BCUT2D eigenvalue weighted by atomic mass is 16.2. The first kappa shape index (κ1) is 18.2. The summed E-state index contributed by atoms with van der Waals surface area (Å²) in [6.07, 6.45) is 9.28. The molecule has 1 saturated carbocycles. The number of nitrogens with one attached hydrogen (secondary N) is 2. The number of benzene rings is 1. The zero-order chi connectivity index (χ0) is 18.5. The van der Waals surface area contributed by atoms with Crippen molar-refractivity contribution in [2.45, 2.75) is 63.5 Å². The molecular formula is C22H30N4O. The Morgan fingerprint density at radius 3 is 2.70 bits per heavy atom. The molecule has 4 rings (SSSR count). The summed E-state index contributed by atoms with van der Waals surface area (Å²) in [6, 6.07) is 13.3. The lowest BCUT2D eigenvalue weighted by molar-refractivity contribution is 0.0932. The Morgan fingerprint density at radius 1 is 1.11 bits per heavy atom. The molecule has 144 valence electrons. The minimum Gasteiger partial charge on any atom is -0.348 e. The Labute approximate surface area is 161 Å². The summed E-state index contributed by atoms with van der Waals surface area (Å²) in [6.45, 7) is 2.15. The van der Waals surface area contributed by atoms with E-state index in [0.29, 0.717) is 17.8 Å². The van der Waals surface area contributed by atoms with E-state index in [-0.39, 0.29) is 5.91 Å². The first-order valence-corrected chi connectivity index (χ1v) is 10.4. The van der Waals surface area contributed by atoms with Crippen molar-refractivity contribution in [2.24, 2.45) is 0 Å². The lowest BCUT2D eigenvalue weighted by Crippen LogP contribution is -2.35. The fourth-order valence-corrected chi connectivity index (χ4v) is 4.48. The number of hydrogen-bond acceptors (Lipinski definition) is 3. The van der Waals surface area contributed by atoms with Crippen LogP contribution < -0.4 is 5.32 Å². The van der Waals surface area contributed by atoms with Gasteiger partial charge in [0.2, 0.25) is 0 Å². The molecular weight excluding hydrogens is 336 g/mol.